The lowest BCUT2D eigenvalue weighted by molar-refractivity contribution is 0.204. The number of benzene rings is 1. The molecule has 0 radical (unpaired) electrons. The van der Waals surface area contributed by atoms with Gasteiger partial charge in [-0.05, 0) is 38.0 Å². The molecule has 11 heteroatoms. The molecule has 0 saturated carbocycles. The van der Waals surface area contributed by atoms with Crippen LogP contribution in [-0.4, -0.2) is 67.7 Å². The maximum absolute atomic E-state index is 12.3. The fraction of sp³-hybridized carbons (Fsp3) is 0.611. The van der Waals surface area contributed by atoms with Crippen LogP contribution < -0.4 is 15.4 Å². The van der Waals surface area contributed by atoms with Crippen LogP contribution in [0.3, 0.4) is 0 Å². The number of aliphatic imine (C=N–C) groups is 1. The molecule has 0 spiro atoms. The summed E-state index contributed by atoms with van der Waals surface area (Å²) in [4.78, 5) is 4.64. The minimum absolute atomic E-state index is 0.0841. The molecule has 1 atom stereocenters. The molecule has 29 heavy (non-hydrogen) atoms. The molecule has 1 aromatic carbocycles. The molecular formula is C18H32N4O5S2. The first kappa shape index (κ1) is 25.3. The molecule has 0 aliphatic carbocycles. The average Bonchev–Trinajstić information content (AvgIpc) is 2.64. The Balaban J connectivity index is 2.81. The molecular weight excluding hydrogens is 416 g/mol. The van der Waals surface area contributed by atoms with E-state index < -0.39 is 19.9 Å². The van der Waals surface area contributed by atoms with Crippen LogP contribution in [0.2, 0.25) is 0 Å². The second kappa shape index (κ2) is 12.1. The minimum Gasteiger partial charge on any atom is -0.383 e. The van der Waals surface area contributed by atoms with Gasteiger partial charge in [-0.3, -0.25) is 0 Å². The topological polar surface area (TPSA) is 126 Å². The molecule has 0 aliphatic heterocycles. The molecule has 0 heterocycles. The van der Waals surface area contributed by atoms with Crippen LogP contribution in [0, 0.1) is 0 Å². The predicted molar refractivity (Wildman–Crippen MR) is 115 cm³/mol. The number of ether oxygens (including phenoxy) is 1. The SMILES string of the molecule is CCNC(=NCc1cccc(S(=O)(=O)NCCOC)c1)NC(C)CCS(C)(=O)=O. The zero-order chi connectivity index (χ0) is 21.9. The van der Waals surface area contributed by atoms with Crippen molar-refractivity contribution in [3.8, 4) is 0 Å². The van der Waals surface area contributed by atoms with E-state index in [-0.39, 0.29) is 29.8 Å². The van der Waals surface area contributed by atoms with Gasteiger partial charge in [0.05, 0.1) is 23.8 Å². The summed E-state index contributed by atoms with van der Waals surface area (Å²) in [7, 11) is -5.13. The summed E-state index contributed by atoms with van der Waals surface area (Å²) in [6.07, 6.45) is 1.67. The Morgan fingerprint density at radius 1 is 1.24 bits per heavy atom. The normalized spacial score (nSPS) is 13.9. The van der Waals surface area contributed by atoms with Crippen molar-refractivity contribution in [1.29, 1.82) is 0 Å². The smallest absolute Gasteiger partial charge is 0.240 e. The fourth-order valence-corrected chi connectivity index (χ4v) is 4.22. The highest BCUT2D eigenvalue weighted by Crippen LogP contribution is 2.12. The second-order valence-electron chi connectivity index (χ2n) is 6.70. The summed E-state index contributed by atoms with van der Waals surface area (Å²) in [5, 5.41) is 6.27. The molecule has 166 valence electrons. The first-order valence-electron chi connectivity index (χ1n) is 9.37. The van der Waals surface area contributed by atoms with Crippen LogP contribution in [0.15, 0.2) is 34.2 Å². The van der Waals surface area contributed by atoms with Gasteiger partial charge in [-0.1, -0.05) is 12.1 Å². The number of nitrogens with zero attached hydrogens (tertiary/aromatic N) is 1. The van der Waals surface area contributed by atoms with Gasteiger partial charge in [0.25, 0.3) is 0 Å². The lowest BCUT2D eigenvalue weighted by Gasteiger charge is -2.17. The number of methoxy groups -OCH3 is 1. The molecule has 1 unspecified atom stereocenters. The maximum Gasteiger partial charge on any atom is 0.240 e. The van der Waals surface area contributed by atoms with Gasteiger partial charge >= 0.3 is 0 Å². The summed E-state index contributed by atoms with van der Waals surface area (Å²) in [6, 6.07) is 6.49. The van der Waals surface area contributed by atoms with Gasteiger partial charge in [-0.15, -0.1) is 0 Å². The monoisotopic (exact) mass is 448 g/mol. The molecule has 0 bridgehead atoms. The van der Waals surface area contributed by atoms with Crippen LogP contribution in [0.1, 0.15) is 25.8 Å². The average molecular weight is 449 g/mol. The number of hydrogen-bond donors (Lipinski definition) is 3. The third kappa shape index (κ3) is 10.6. The van der Waals surface area contributed by atoms with Crippen LogP contribution in [0.25, 0.3) is 0 Å². The lowest BCUT2D eigenvalue weighted by atomic mass is 10.2. The van der Waals surface area contributed by atoms with Gasteiger partial charge in [-0.2, -0.15) is 0 Å². The fourth-order valence-electron chi connectivity index (χ4n) is 2.36. The molecule has 9 nitrogen and oxygen atoms in total. The van der Waals surface area contributed by atoms with Gasteiger partial charge < -0.3 is 15.4 Å². The van der Waals surface area contributed by atoms with Crippen LogP contribution in [0.4, 0.5) is 0 Å². The maximum atomic E-state index is 12.3. The Labute approximate surface area is 174 Å². The van der Waals surface area contributed by atoms with Gasteiger partial charge in [-0.25, -0.2) is 26.6 Å². The van der Waals surface area contributed by atoms with E-state index >= 15 is 0 Å². The molecule has 0 fully saturated rings. The molecule has 0 aromatic heterocycles. The molecule has 0 amide bonds. The molecule has 1 rings (SSSR count). The van der Waals surface area contributed by atoms with Gasteiger partial charge in [0, 0.05) is 32.5 Å². The summed E-state index contributed by atoms with van der Waals surface area (Å²) in [6.45, 7) is 5.21. The molecule has 1 aromatic rings. The van der Waals surface area contributed by atoms with E-state index in [1.54, 1.807) is 18.2 Å². The number of sulfonamides is 1. The summed E-state index contributed by atoms with van der Waals surface area (Å²) < 4.78 is 54.6. The van der Waals surface area contributed by atoms with Crippen molar-refractivity contribution in [2.24, 2.45) is 4.99 Å². The van der Waals surface area contributed by atoms with E-state index in [1.165, 1.54) is 19.4 Å². The highest BCUT2D eigenvalue weighted by atomic mass is 32.2. The number of hydrogen-bond acceptors (Lipinski definition) is 6. The largest absolute Gasteiger partial charge is 0.383 e. The quantitative estimate of drug-likeness (QED) is 0.241. The Morgan fingerprint density at radius 3 is 2.59 bits per heavy atom. The summed E-state index contributed by atoms with van der Waals surface area (Å²) in [5.41, 5.74) is 0.737. The number of nitrogens with one attached hydrogen (secondary N) is 3. The van der Waals surface area contributed by atoms with Crippen LogP contribution >= 0.6 is 0 Å². The standard InChI is InChI=1S/C18H32N4O5S2/c1-5-19-18(22-15(2)9-12-28(4,23)24)20-14-16-7-6-8-17(13-16)29(25,26)21-10-11-27-3/h6-8,13,15,21H,5,9-12,14H2,1-4H3,(H2,19,20,22). The van der Waals surface area contributed by atoms with Crippen LogP contribution in [0.5, 0.6) is 0 Å². The molecule has 0 saturated heterocycles. The first-order chi connectivity index (χ1) is 13.6. The number of rotatable bonds is 12. The molecule has 0 aliphatic rings. The van der Waals surface area contributed by atoms with E-state index in [0.29, 0.717) is 25.5 Å². The van der Waals surface area contributed by atoms with E-state index in [9.17, 15) is 16.8 Å². The predicted octanol–water partition coefficient (Wildman–Crippen LogP) is 0.490. The van der Waals surface area contributed by atoms with Gasteiger partial charge in [0.1, 0.15) is 9.84 Å². The van der Waals surface area contributed by atoms with Gasteiger partial charge in [0.15, 0.2) is 5.96 Å². The van der Waals surface area contributed by atoms with E-state index in [2.05, 4.69) is 20.3 Å². The van der Waals surface area contributed by atoms with Crippen LogP contribution in [-0.2, 0) is 31.1 Å². The minimum atomic E-state index is -3.61. The summed E-state index contributed by atoms with van der Waals surface area (Å²) >= 11 is 0. The van der Waals surface area contributed by atoms with Crippen molar-refractivity contribution >= 4 is 25.8 Å². The Morgan fingerprint density at radius 2 is 1.97 bits per heavy atom. The van der Waals surface area contributed by atoms with Crippen molar-refractivity contribution in [1.82, 2.24) is 15.4 Å². The van der Waals surface area contributed by atoms with E-state index in [1.807, 2.05) is 13.8 Å². The van der Waals surface area contributed by atoms with Crippen molar-refractivity contribution in [2.45, 2.75) is 37.8 Å². The van der Waals surface area contributed by atoms with Crippen molar-refractivity contribution in [2.75, 3.05) is 38.8 Å². The first-order valence-corrected chi connectivity index (χ1v) is 12.9. The third-order valence-corrected chi connectivity index (χ3v) is 6.31. The van der Waals surface area contributed by atoms with Crippen molar-refractivity contribution in [3.63, 3.8) is 0 Å². The summed E-state index contributed by atoms with van der Waals surface area (Å²) in [5.74, 6) is 0.635. The second-order valence-corrected chi connectivity index (χ2v) is 10.7. The Bertz CT molecular complexity index is 870. The van der Waals surface area contributed by atoms with Crippen molar-refractivity contribution < 1.29 is 21.6 Å². The van der Waals surface area contributed by atoms with Crippen molar-refractivity contribution in [3.05, 3.63) is 29.8 Å². The lowest BCUT2D eigenvalue weighted by Crippen LogP contribution is -2.42. The number of sulfone groups is 1. The zero-order valence-electron chi connectivity index (χ0n) is 17.4. The Hall–Kier alpha value is -1.69. The zero-order valence-corrected chi connectivity index (χ0v) is 19.1. The number of guanidine groups is 1. The Kier molecular flexibility index (Phi) is 10.6. The molecule has 3 N–H and O–H groups in total. The van der Waals surface area contributed by atoms with Gasteiger partial charge in [0.2, 0.25) is 10.0 Å². The highest BCUT2D eigenvalue weighted by Gasteiger charge is 2.14. The van der Waals surface area contributed by atoms with E-state index in [0.717, 1.165) is 5.56 Å². The van der Waals surface area contributed by atoms with E-state index in [4.69, 9.17) is 4.74 Å². The highest BCUT2D eigenvalue weighted by molar-refractivity contribution is 7.90. The third-order valence-electron chi connectivity index (χ3n) is 3.88.